The summed E-state index contributed by atoms with van der Waals surface area (Å²) in [5, 5.41) is 9.81. The number of rotatable bonds is 8. The van der Waals surface area contributed by atoms with Crippen LogP contribution in [0.1, 0.15) is 48.3 Å². The lowest BCUT2D eigenvalue weighted by Gasteiger charge is -2.41. The fraction of sp³-hybridized carbons (Fsp3) is 0.583. The number of hydrogen-bond donors (Lipinski definition) is 0. The smallest absolute Gasteiger partial charge is 0.272 e. The summed E-state index contributed by atoms with van der Waals surface area (Å²) in [4.78, 5) is 35.4. The number of ketones is 1. The van der Waals surface area contributed by atoms with E-state index in [1.807, 2.05) is 25.9 Å². The second-order valence-corrected chi connectivity index (χ2v) is 8.95. The number of amides is 1. The first-order valence-corrected chi connectivity index (χ1v) is 10.9. The molecule has 1 saturated heterocycles. The number of allylic oxidation sites excluding steroid dienone is 1. The predicted molar refractivity (Wildman–Crippen MR) is 124 cm³/mol. The minimum absolute atomic E-state index is 0.0969. The molecule has 0 aromatic carbocycles. The maximum atomic E-state index is 13.0. The van der Waals surface area contributed by atoms with E-state index in [2.05, 4.69) is 22.9 Å². The molecule has 1 fully saturated rings. The van der Waals surface area contributed by atoms with Crippen LogP contribution < -0.4 is 0 Å². The Balaban J connectivity index is 2.49. The molecule has 8 nitrogen and oxygen atoms in total. The average Bonchev–Trinajstić information content (AvgIpc) is 2.76. The van der Waals surface area contributed by atoms with Crippen LogP contribution in [0.15, 0.2) is 17.8 Å². The Kier molecular flexibility index (Phi) is 8.53. The normalized spacial score (nSPS) is 16.4. The van der Waals surface area contributed by atoms with Gasteiger partial charge in [0.25, 0.3) is 5.91 Å². The minimum Gasteiger partial charge on any atom is -0.378 e. The van der Waals surface area contributed by atoms with E-state index < -0.39 is 0 Å². The van der Waals surface area contributed by atoms with Crippen LogP contribution in [0.25, 0.3) is 5.70 Å². The number of carbonyl (C=O) groups excluding carboxylic acids is 2. The highest BCUT2D eigenvalue weighted by Gasteiger charge is 2.33. The zero-order valence-corrected chi connectivity index (χ0v) is 20.4. The molecular weight excluding hydrogens is 406 g/mol. The third-order valence-corrected chi connectivity index (χ3v) is 6.14. The number of hydrogen-bond acceptors (Lipinski definition) is 7. The molecule has 1 aliphatic heterocycles. The van der Waals surface area contributed by atoms with Gasteiger partial charge >= 0.3 is 0 Å². The van der Waals surface area contributed by atoms with Crippen LogP contribution in [0.3, 0.4) is 0 Å². The third-order valence-electron chi connectivity index (χ3n) is 6.14. The highest BCUT2D eigenvalue weighted by molar-refractivity contribution is 6.05. The van der Waals surface area contributed by atoms with Gasteiger partial charge in [0.15, 0.2) is 5.78 Å². The first-order valence-electron chi connectivity index (χ1n) is 10.9. The number of methoxy groups -OCH3 is 1. The lowest BCUT2D eigenvalue weighted by Crippen LogP contribution is -2.43. The van der Waals surface area contributed by atoms with Crippen LogP contribution in [0.4, 0.5) is 0 Å². The molecule has 2 rings (SSSR count). The van der Waals surface area contributed by atoms with Gasteiger partial charge in [-0.2, -0.15) is 5.26 Å². The number of likely N-dealkylation sites (tertiary alicyclic amines) is 1. The van der Waals surface area contributed by atoms with Gasteiger partial charge in [0.1, 0.15) is 17.3 Å². The lowest BCUT2D eigenvalue weighted by molar-refractivity contribution is -0.113. The molecule has 0 atom stereocenters. The summed E-state index contributed by atoms with van der Waals surface area (Å²) in [6.45, 7) is 7.95. The molecule has 32 heavy (non-hydrogen) atoms. The van der Waals surface area contributed by atoms with Crippen molar-refractivity contribution in [3.63, 3.8) is 0 Å². The molecule has 174 valence electrons. The second-order valence-electron chi connectivity index (χ2n) is 8.95. The number of carbonyl (C=O) groups is 2. The van der Waals surface area contributed by atoms with Crippen LogP contribution >= 0.6 is 0 Å². The first kappa shape index (κ1) is 25.5. The fourth-order valence-corrected chi connectivity index (χ4v) is 3.71. The Labute approximate surface area is 191 Å². The summed E-state index contributed by atoms with van der Waals surface area (Å²) in [6, 6.07) is 3.81. The molecule has 0 spiro atoms. The number of aryl methyl sites for hydroxylation is 1. The van der Waals surface area contributed by atoms with Crippen molar-refractivity contribution in [1.29, 1.82) is 5.26 Å². The number of likely N-dealkylation sites (N-methyl/N-ethyl adjacent to an activating group) is 2. The van der Waals surface area contributed by atoms with Gasteiger partial charge in [0.05, 0.1) is 11.3 Å². The molecule has 1 amide bonds. The molecule has 0 radical (unpaired) electrons. The van der Waals surface area contributed by atoms with Crippen molar-refractivity contribution in [2.75, 3.05) is 54.4 Å². The van der Waals surface area contributed by atoms with Crippen LogP contribution in [0.5, 0.6) is 0 Å². The molecule has 0 unspecified atom stereocenters. The second kappa shape index (κ2) is 10.7. The highest BCUT2D eigenvalue weighted by atomic mass is 16.5. The van der Waals surface area contributed by atoms with Crippen LogP contribution in [0.2, 0.25) is 0 Å². The first-order chi connectivity index (χ1) is 15.0. The maximum Gasteiger partial charge on any atom is 0.272 e. The molecular formula is C24H35N5O3. The van der Waals surface area contributed by atoms with Crippen molar-refractivity contribution >= 4 is 17.4 Å². The SMILES string of the molecule is COC1(C)CCN(/C(=C(\C#N)C(C)=O)c2cc(C(=O)N(C)CCN(C)C)ncc2C)CC1. The molecule has 0 saturated carbocycles. The van der Waals surface area contributed by atoms with Crippen molar-refractivity contribution in [1.82, 2.24) is 19.7 Å². The molecule has 0 bridgehead atoms. The minimum atomic E-state index is -0.297. The molecule has 0 aliphatic carbocycles. The summed E-state index contributed by atoms with van der Waals surface area (Å²) in [7, 11) is 7.36. The standard InChI is InChI=1S/C24H35N5O3/c1-17-16-26-21(23(31)28(6)13-12-27(4)5)14-19(17)22(20(15-25)18(2)30)29-10-8-24(3,32-7)9-11-29/h14,16H,8-13H2,1-7H3/b22-20+. The topological polar surface area (TPSA) is 89.8 Å². The Morgan fingerprint density at radius 3 is 2.38 bits per heavy atom. The number of Topliss-reactive ketones (excluding diaryl/α,β-unsaturated/α-hetero) is 1. The predicted octanol–water partition coefficient (Wildman–Crippen LogP) is 2.35. The Bertz CT molecular complexity index is 924. The molecule has 1 aromatic rings. The van der Waals surface area contributed by atoms with Crippen molar-refractivity contribution < 1.29 is 14.3 Å². The summed E-state index contributed by atoms with van der Waals surface area (Å²) < 4.78 is 5.65. The van der Waals surface area contributed by atoms with Gasteiger partial charge in [-0.3, -0.25) is 14.6 Å². The number of pyridine rings is 1. The zero-order chi connectivity index (χ0) is 24.1. The maximum absolute atomic E-state index is 13.0. The van der Waals surface area contributed by atoms with Gasteiger partial charge in [-0.15, -0.1) is 0 Å². The molecule has 1 aliphatic rings. The quantitative estimate of drug-likeness (QED) is 0.452. The van der Waals surface area contributed by atoms with E-state index in [1.165, 1.54) is 6.92 Å². The lowest BCUT2D eigenvalue weighted by atomic mass is 9.91. The van der Waals surface area contributed by atoms with E-state index in [0.717, 1.165) is 24.9 Å². The van der Waals surface area contributed by atoms with Crippen molar-refractivity contribution in [2.24, 2.45) is 0 Å². The Morgan fingerprint density at radius 2 is 1.88 bits per heavy atom. The molecule has 1 aromatic heterocycles. The van der Waals surface area contributed by atoms with Gasteiger partial charge in [0, 0.05) is 52.1 Å². The highest BCUT2D eigenvalue weighted by Crippen LogP contribution is 2.33. The van der Waals surface area contributed by atoms with E-state index in [-0.39, 0.29) is 22.9 Å². The number of nitrogens with zero attached hydrogens (tertiary/aromatic N) is 5. The number of ether oxygens (including phenoxy) is 1. The monoisotopic (exact) mass is 441 g/mol. The fourth-order valence-electron chi connectivity index (χ4n) is 3.71. The number of nitriles is 1. The summed E-state index contributed by atoms with van der Waals surface area (Å²) in [5.41, 5.74) is 2.24. The zero-order valence-electron chi connectivity index (χ0n) is 20.4. The molecule has 0 N–H and O–H groups in total. The van der Waals surface area contributed by atoms with Crippen molar-refractivity contribution in [3.8, 4) is 6.07 Å². The van der Waals surface area contributed by atoms with Crippen LogP contribution in [-0.4, -0.2) is 91.4 Å². The molecule has 8 heteroatoms. The Hall–Kier alpha value is -2.76. The summed E-state index contributed by atoms with van der Waals surface area (Å²) in [5.74, 6) is -0.492. The van der Waals surface area contributed by atoms with Gasteiger partial charge in [0.2, 0.25) is 0 Å². The van der Waals surface area contributed by atoms with E-state index in [9.17, 15) is 14.9 Å². The van der Waals surface area contributed by atoms with E-state index in [1.54, 1.807) is 31.3 Å². The van der Waals surface area contributed by atoms with Gasteiger partial charge in [-0.1, -0.05) is 0 Å². The average molecular weight is 442 g/mol. The number of piperidine rings is 1. The molecule has 2 heterocycles. The van der Waals surface area contributed by atoms with E-state index in [4.69, 9.17) is 4.74 Å². The Morgan fingerprint density at radius 1 is 1.25 bits per heavy atom. The van der Waals surface area contributed by atoms with Gasteiger partial charge in [-0.05, 0) is 59.3 Å². The van der Waals surface area contributed by atoms with E-state index in [0.29, 0.717) is 36.6 Å². The van der Waals surface area contributed by atoms with Crippen LogP contribution in [-0.2, 0) is 9.53 Å². The third kappa shape index (κ3) is 5.93. The summed E-state index contributed by atoms with van der Waals surface area (Å²) in [6.07, 6.45) is 3.18. The largest absolute Gasteiger partial charge is 0.378 e. The van der Waals surface area contributed by atoms with Crippen molar-refractivity contribution in [3.05, 3.63) is 34.7 Å². The number of aromatic nitrogens is 1. The van der Waals surface area contributed by atoms with Gasteiger partial charge in [-0.25, -0.2) is 0 Å². The van der Waals surface area contributed by atoms with Crippen molar-refractivity contribution in [2.45, 2.75) is 39.2 Å². The van der Waals surface area contributed by atoms with E-state index >= 15 is 0 Å². The summed E-state index contributed by atoms with van der Waals surface area (Å²) >= 11 is 0. The van der Waals surface area contributed by atoms with Gasteiger partial charge < -0.3 is 19.4 Å². The van der Waals surface area contributed by atoms with Crippen LogP contribution in [0, 0.1) is 18.3 Å².